The van der Waals surface area contributed by atoms with Crippen LogP contribution in [0.5, 0.6) is 5.75 Å². The van der Waals surface area contributed by atoms with Crippen LogP contribution in [0, 0.1) is 0 Å². The Kier molecular flexibility index (Phi) is 8.10. The molecule has 5 rings (SSSR count). The molecule has 3 heterocycles. The first-order valence-electron chi connectivity index (χ1n) is 12.2. The molecule has 2 aromatic heterocycles. The standard InChI is InChI=1S/C29H23BrCl2N2O5S/c1-14(2)38-28(36)24-15(3)33-29-34(26(24)19-12-16(30)8-10-21(19)37-4)27(35)23(40-29)13-17-9-11-22(39-17)18-6-5-7-20(31)25(18)32/h5-14,26H,1-4H3/b23-13-/t26-/m1/s1. The lowest BCUT2D eigenvalue weighted by molar-refractivity contribution is -0.143. The highest BCUT2D eigenvalue weighted by Crippen LogP contribution is 2.38. The van der Waals surface area contributed by atoms with E-state index in [1.807, 2.05) is 12.1 Å². The summed E-state index contributed by atoms with van der Waals surface area (Å²) in [4.78, 5) is 32.3. The Morgan fingerprint density at radius 2 is 1.98 bits per heavy atom. The number of allylic oxidation sites excluding steroid dienone is 1. The zero-order valence-corrected chi connectivity index (χ0v) is 25.7. The normalized spacial score (nSPS) is 15.3. The van der Waals surface area contributed by atoms with Crippen LogP contribution >= 0.6 is 50.5 Å². The molecule has 4 aromatic rings. The van der Waals surface area contributed by atoms with Crippen molar-refractivity contribution in [2.45, 2.75) is 32.9 Å². The third-order valence-electron chi connectivity index (χ3n) is 6.19. The molecular formula is C29H23BrCl2N2O5S. The predicted octanol–water partition coefficient (Wildman–Crippen LogP) is 6.52. The Morgan fingerprint density at radius 1 is 1.20 bits per heavy atom. The average molecular weight is 662 g/mol. The topological polar surface area (TPSA) is 83.0 Å². The lowest BCUT2D eigenvalue weighted by atomic mass is 9.95. The second kappa shape index (κ2) is 11.4. The predicted molar refractivity (Wildman–Crippen MR) is 160 cm³/mol. The van der Waals surface area contributed by atoms with Gasteiger partial charge in [-0.3, -0.25) is 9.36 Å². The number of furan rings is 1. The number of thiazole rings is 1. The van der Waals surface area contributed by atoms with E-state index in [2.05, 4.69) is 20.9 Å². The van der Waals surface area contributed by atoms with E-state index in [4.69, 9.17) is 37.1 Å². The number of aromatic nitrogens is 1. The van der Waals surface area contributed by atoms with Gasteiger partial charge in [-0.1, -0.05) is 56.5 Å². The van der Waals surface area contributed by atoms with Gasteiger partial charge in [0.15, 0.2) is 4.80 Å². The number of hydrogen-bond donors (Lipinski definition) is 0. The Bertz CT molecular complexity index is 1850. The molecule has 0 bridgehead atoms. The van der Waals surface area contributed by atoms with Crippen molar-refractivity contribution >= 4 is 62.5 Å². The number of esters is 1. The van der Waals surface area contributed by atoms with Crippen LogP contribution in [0.1, 0.15) is 38.1 Å². The van der Waals surface area contributed by atoms with Crippen LogP contribution in [0.4, 0.5) is 0 Å². The third kappa shape index (κ3) is 5.31. The first-order valence-corrected chi connectivity index (χ1v) is 14.6. The minimum absolute atomic E-state index is 0.264. The van der Waals surface area contributed by atoms with E-state index >= 15 is 0 Å². The van der Waals surface area contributed by atoms with Crippen molar-refractivity contribution in [3.05, 3.63) is 105 Å². The number of carbonyl (C=O) groups excluding carboxylic acids is 1. The van der Waals surface area contributed by atoms with Crippen LogP contribution in [-0.2, 0) is 9.53 Å². The minimum Gasteiger partial charge on any atom is -0.496 e. The highest BCUT2D eigenvalue weighted by Gasteiger charge is 2.35. The number of halogens is 3. The Hall–Kier alpha value is -3.11. The van der Waals surface area contributed by atoms with E-state index in [1.54, 1.807) is 70.4 Å². The second-order valence-corrected chi connectivity index (χ2v) is 11.9. The van der Waals surface area contributed by atoms with Crippen LogP contribution in [0.2, 0.25) is 10.0 Å². The first-order chi connectivity index (χ1) is 19.1. The second-order valence-electron chi connectivity index (χ2n) is 9.23. The van der Waals surface area contributed by atoms with Crippen molar-refractivity contribution in [3.63, 3.8) is 0 Å². The fourth-order valence-corrected chi connectivity index (χ4v) is 6.27. The van der Waals surface area contributed by atoms with Gasteiger partial charge >= 0.3 is 5.97 Å². The Morgan fingerprint density at radius 3 is 2.70 bits per heavy atom. The van der Waals surface area contributed by atoms with E-state index in [1.165, 1.54) is 15.9 Å². The van der Waals surface area contributed by atoms with E-state index in [-0.39, 0.29) is 17.2 Å². The maximum Gasteiger partial charge on any atom is 0.338 e. The summed E-state index contributed by atoms with van der Waals surface area (Å²) < 4.78 is 19.9. The summed E-state index contributed by atoms with van der Waals surface area (Å²) in [5.41, 5.74) is 1.64. The van der Waals surface area contributed by atoms with Crippen molar-refractivity contribution < 1.29 is 18.7 Å². The van der Waals surface area contributed by atoms with Gasteiger partial charge in [-0.05, 0) is 63.2 Å². The molecule has 1 aliphatic rings. The maximum atomic E-state index is 13.9. The molecule has 0 N–H and O–H groups in total. The molecule has 0 saturated carbocycles. The quantitative estimate of drug-likeness (QED) is 0.220. The number of ether oxygens (including phenoxy) is 2. The summed E-state index contributed by atoms with van der Waals surface area (Å²) in [5.74, 6) is 0.925. The van der Waals surface area contributed by atoms with Crippen LogP contribution in [0.25, 0.3) is 17.4 Å². The summed E-state index contributed by atoms with van der Waals surface area (Å²) in [5, 5.41) is 0.791. The van der Waals surface area contributed by atoms with Gasteiger partial charge in [-0.15, -0.1) is 0 Å². The molecule has 1 atom stereocenters. The van der Waals surface area contributed by atoms with Gasteiger partial charge in [0.1, 0.15) is 23.3 Å². The molecule has 0 spiro atoms. The highest BCUT2D eigenvalue weighted by atomic mass is 79.9. The fraction of sp³-hybridized carbons (Fsp3) is 0.207. The molecule has 0 unspecified atom stereocenters. The number of benzene rings is 2. The summed E-state index contributed by atoms with van der Waals surface area (Å²) in [6.07, 6.45) is 1.29. The van der Waals surface area contributed by atoms with Gasteiger partial charge in [-0.25, -0.2) is 9.79 Å². The van der Waals surface area contributed by atoms with Crippen molar-refractivity contribution in [1.29, 1.82) is 0 Å². The van der Waals surface area contributed by atoms with Crippen LogP contribution in [-0.4, -0.2) is 23.8 Å². The molecule has 0 amide bonds. The number of rotatable bonds is 6. The molecule has 11 heteroatoms. The third-order valence-corrected chi connectivity index (χ3v) is 8.48. The SMILES string of the molecule is COc1ccc(Br)cc1[C@@H]1C(C(=O)OC(C)C)=C(C)N=c2s/c(=C\c3ccc(-c4cccc(Cl)c4Cl)o3)c(=O)n21. The monoisotopic (exact) mass is 660 g/mol. The Labute approximate surface area is 252 Å². The number of methoxy groups -OCH3 is 1. The molecule has 40 heavy (non-hydrogen) atoms. The Balaban J connectivity index is 1.68. The van der Waals surface area contributed by atoms with Crippen molar-refractivity contribution in [2.24, 2.45) is 4.99 Å². The van der Waals surface area contributed by atoms with Crippen molar-refractivity contribution in [1.82, 2.24) is 4.57 Å². The molecule has 0 aliphatic carbocycles. The van der Waals surface area contributed by atoms with Crippen LogP contribution in [0.15, 0.2) is 78.5 Å². The number of fused-ring (bicyclic) bond motifs is 1. The summed E-state index contributed by atoms with van der Waals surface area (Å²) in [6.45, 7) is 5.27. The van der Waals surface area contributed by atoms with Gasteiger partial charge in [0, 0.05) is 21.7 Å². The van der Waals surface area contributed by atoms with E-state index in [0.717, 1.165) is 4.47 Å². The van der Waals surface area contributed by atoms with Gasteiger partial charge < -0.3 is 13.9 Å². The summed E-state index contributed by atoms with van der Waals surface area (Å²) in [7, 11) is 1.54. The lowest BCUT2D eigenvalue weighted by Gasteiger charge is -2.26. The van der Waals surface area contributed by atoms with Crippen molar-refractivity contribution in [2.75, 3.05) is 7.11 Å². The zero-order valence-electron chi connectivity index (χ0n) is 21.8. The average Bonchev–Trinajstić information content (AvgIpc) is 3.48. The number of hydrogen-bond acceptors (Lipinski definition) is 7. The van der Waals surface area contributed by atoms with E-state index in [9.17, 15) is 9.59 Å². The lowest BCUT2D eigenvalue weighted by Crippen LogP contribution is -2.40. The van der Waals surface area contributed by atoms with Gasteiger partial charge in [0.05, 0.1) is 39.1 Å². The largest absolute Gasteiger partial charge is 0.496 e. The smallest absolute Gasteiger partial charge is 0.338 e. The number of nitrogens with zero attached hydrogens (tertiary/aromatic N) is 2. The van der Waals surface area contributed by atoms with E-state index in [0.29, 0.717) is 53.5 Å². The molecule has 0 radical (unpaired) electrons. The fourth-order valence-electron chi connectivity index (χ4n) is 4.47. The van der Waals surface area contributed by atoms with Crippen LogP contribution < -0.4 is 19.6 Å². The molecular weight excluding hydrogens is 639 g/mol. The highest BCUT2D eigenvalue weighted by molar-refractivity contribution is 9.10. The van der Waals surface area contributed by atoms with Gasteiger partial charge in [-0.2, -0.15) is 0 Å². The minimum atomic E-state index is -0.825. The molecule has 0 saturated heterocycles. The summed E-state index contributed by atoms with van der Waals surface area (Å²) in [6, 6.07) is 13.4. The molecule has 7 nitrogen and oxygen atoms in total. The molecule has 0 fully saturated rings. The van der Waals surface area contributed by atoms with Gasteiger partial charge in [0.2, 0.25) is 0 Å². The first kappa shape index (κ1) is 28.4. The zero-order chi connectivity index (χ0) is 28.7. The molecule has 2 aromatic carbocycles. The molecule has 1 aliphatic heterocycles. The molecule has 206 valence electrons. The number of carbonyl (C=O) groups is 1. The summed E-state index contributed by atoms with van der Waals surface area (Å²) >= 11 is 17.2. The maximum absolute atomic E-state index is 13.9. The van der Waals surface area contributed by atoms with E-state index < -0.39 is 12.0 Å². The van der Waals surface area contributed by atoms with Crippen molar-refractivity contribution in [3.8, 4) is 17.1 Å². The van der Waals surface area contributed by atoms with Gasteiger partial charge in [0.25, 0.3) is 5.56 Å². The van der Waals surface area contributed by atoms with Crippen LogP contribution in [0.3, 0.4) is 0 Å².